The number of thioether (sulfide) groups is 1. The fourth-order valence-corrected chi connectivity index (χ4v) is 4.10. The van der Waals surface area contributed by atoms with Gasteiger partial charge in [0.15, 0.2) is 0 Å². The maximum atomic E-state index is 13.3. The summed E-state index contributed by atoms with van der Waals surface area (Å²) < 4.78 is 15.6. The van der Waals surface area contributed by atoms with Gasteiger partial charge in [-0.15, -0.1) is 6.58 Å². The number of carbonyl (C=O) groups is 3. The first-order valence-corrected chi connectivity index (χ1v) is 13.3. The molecule has 0 saturated carbocycles. The van der Waals surface area contributed by atoms with Crippen molar-refractivity contribution in [2.45, 2.75) is 44.6 Å². The van der Waals surface area contributed by atoms with Crippen molar-refractivity contribution in [3.63, 3.8) is 0 Å². The van der Waals surface area contributed by atoms with E-state index >= 15 is 0 Å². The van der Waals surface area contributed by atoms with Crippen LogP contribution in [0.1, 0.15) is 25.8 Å². The molecule has 9 nitrogen and oxygen atoms in total. The molecule has 4 N–H and O–H groups in total. The van der Waals surface area contributed by atoms with Gasteiger partial charge in [-0.1, -0.05) is 44.7 Å². The highest BCUT2D eigenvalue weighted by Gasteiger charge is 2.30. The lowest BCUT2D eigenvalue weighted by Gasteiger charge is -2.25. The third-order valence-electron chi connectivity index (χ3n) is 5.10. The van der Waals surface area contributed by atoms with Gasteiger partial charge < -0.3 is 30.5 Å². The van der Waals surface area contributed by atoms with Gasteiger partial charge in [-0.2, -0.15) is 11.8 Å². The van der Waals surface area contributed by atoms with Crippen LogP contribution in [-0.4, -0.2) is 69.3 Å². The van der Waals surface area contributed by atoms with E-state index in [4.69, 9.17) is 19.9 Å². The zero-order chi connectivity index (χ0) is 27.6. The lowest BCUT2D eigenvalue weighted by molar-refractivity contribution is -0.144. The molecule has 0 aliphatic heterocycles. The second kappa shape index (κ2) is 18.5. The molecule has 1 aromatic rings. The predicted octanol–water partition coefficient (Wildman–Crippen LogP) is 2.24. The Bertz CT molecular complexity index is 868. The van der Waals surface area contributed by atoms with Crippen molar-refractivity contribution in [2.24, 2.45) is 11.7 Å². The molecule has 0 fully saturated rings. The lowest BCUT2D eigenvalue weighted by Crippen LogP contribution is -2.53. The highest BCUT2D eigenvalue weighted by atomic mass is 32.2. The summed E-state index contributed by atoms with van der Waals surface area (Å²) >= 11 is 1.44. The summed E-state index contributed by atoms with van der Waals surface area (Å²) in [5, 5.41) is 5.56. The molecule has 0 unspecified atom stereocenters. The van der Waals surface area contributed by atoms with Crippen molar-refractivity contribution >= 4 is 37.0 Å². The Labute approximate surface area is 225 Å². The minimum Gasteiger partial charge on any atom is -0.490 e. The van der Waals surface area contributed by atoms with Crippen LogP contribution < -0.4 is 21.1 Å². The van der Waals surface area contributed by atoms with Crippen LogP contribution >= 0.6 is 11.8 Å². The van der Waals surface area contributed by atoms with Crippen LogP contribution in [0.5, 0.6) is 5.75 Å². The third kappa shape index (κ3) is 12.9. The van der Waals surface area contributed by atoms with Crippen molar-refractivity contribution in [1.29, 1.82) is 0 Å². The van der Waals surface area contributed by atoms with Crippen molar-refractivity contribution in [3.8, 4) is 5.75 Å². The molecular formula is C26H39BN3O6S. The van der Waals surface area contributed by atoms with Gasteiger partial charge >= 0.3 is 13.5 Å². The largest absolute Gasteiger partial charge is 0.490 e. The molecule has 0 bridgehead atoms. The molecule has 0 heterocycles. The zero-order valence-electron chi connectivity index (χ0n) is 21.9. The number of esters is 1. The molecule has 1 aromatic carbocycles. The summed E-state index contributed by atoms with van der Waals surface area (Å²) in [6, 6.07) is 5.63. The lowest BCUT2D eigenvalue weighted by atomic mass is 9.75. The van der Waals surface area contributed by atoms with Gasteiger partial charge in [0.25, 0.3) is 0 Å². The summed E-state index contributed by atoms with van der Waals surface area (Å²) in [6.07, 6.45) is 4.08. The van der Waals surface area contributed by atoms with E-state index in [0.717, 1.165) is 5.56 Å². The molecule has 11 heteroatoms. The van der Waals surface area contributed by atoms with Gasteiger partial charge in [-0.3, -0.25) is 9.59 Å². The number of methoxy groups -OCH3 is 1. The number of amides is 2. The number of carbonyl (C=O) groups excluding carboxylic acids is 3. The summed E-state index contributed by atoms with van der Waals surface area (Å²) in [6.45, 7) is 11.5. The quantitative estimate of drug-likeness (QED) is 0.0814. The normalized spacial score (nSPS) is 13.1. The van der Waals surface area contributed by atoms with Gasteiger partial charge in [0, 0.05) is 17.3 Å². The average molecular weight is 532 g/mol. The first kappa shape index (κ1) is 32.3. The SMILES string of the molecule is C=CCOc1ccc(C[C@H]([B]OCN)C(=O)N[C@@H](CC(C)C)C(=O)N[C@@H](CSCC=C)C(=O)OC)cc1. The third-order valence-corrected chi connectivity index (χ3v) is 6.14. The van der Waals surface area contributed by atoms with E-state index in [1.807, 2.05) is 38.1 Å². The maximum Gasteiger partial charge on any atom is 0.329 e. The fourth-order valence-electron chi connectivity index (χ4n) is 3.34. The van der Waals surface area contributed by atoms with Crippen LogP contribution in [0.4, 0.5) is 0 Å². The van der Waals surface area contributed by atoms with E-state index in [0.29, 0.717) is 36.7 Å². The summed E-state index contributed by atoms with van der Waals surface area (Å²) in [7, 11) is 2.65. The molecular weight excluding hydrogens is 493 g/mol. The van der Waals surface area contributed by atoms with Crippen LogP contribution in [0.15, 0.2) is 49.6 Å². The first-order chi connectivity index (χ1) is 17.7. The Morgan fingerprint density at radius 1 is 1.08 bits per heavy atom. The Hall–Kier alpha value is -2.76. The van der Waals surface area contributed by atoms with Gasteiger partial charge in [-0.25, -0.2) is 4.79 Å². The molecule has 0 aliphatic rings. The second-order valence-electron chi connectivity index (χ2n) is 8.62. The topological polar surface area (TPSA) is 129 Å². The van der Waals surface area contributed by atoms with E-state index < -0.39 is 35.7 Å². The van der Waals surface area contributed by atoms with Crippen LogP contribution in [0.25, 0.3) is 0 Å². The van der Waals surface area contributed by atoms with Crippen LogP contribution in [0, 0.1) is 5.92 Å². The summed E-state index contributed by atoms with van der Waals surface area (Å²) in [5.74, 6) is -0.375. The molecule has 0 spiro atoms. The average Bonchev–Trinajstić information content (AvgIpc) is 2.88. The van der Waals surface area contributed by atoms with Crippen molar-refractivity contribution in [1.82, 2.24) is 10.6 Å². The number of benzene rings is 1. The van der Waals surface area contributed by atoms with Gasteiger partial charge in [0.05, 0.1) is 13.8 Å². The van der Waals surface area contributed by atoms with Crippen molar-refractivity contribution in [2.75, 3.05) is 32.0 Å². The standard InChI is InChI=1S/C26H39BN3O6S/c1-6-12-35-20-10-8-19(9-11-20)15-21(27-36-17-28)24(31)29-22(14-18(3)4)25(32)30-23(26(33)34-5)16-37-13-7-2/h6-11,18,21-23H,1-2,12-17,28H2,3-5H3,(H,29,31)(H,30,32)/t21-,22-,23-/m0/s1. The number of hydrogen-bond donors (Lipinski definition) is 3. The number of nitrogens with two attached hydrogens (primary N) is 1. The molecule has 1 radical (unpaired) electrons. The minimum absolute atomic E-state index is 0.0861. The molecule has 0 aliphatic carbocycles. The highest BCUT2D eigenvalue weighted by Crippen LogP contribution is 2.19. The molecule has 0 aromatic heterocycles. The van der Waals surface area contributed by atoms with E-state index in [1.54, 1.807) is 12.2 Å². The number of hydrogen-bond acceptors (Lipinski definition) is 8. The highest BCUT2D eigenvalue weighted by molar-refractivity contribution is 7.99. The zero-order valence-corrected chi connectivity index (χ0v) is 22.8. The fraction of sp³-hybridized carbons (Fsp3) is 0.500. The van der Waals surface area contributed by atoms with E-state index in [1.165, 1.54) is 26.4 Å². The number of nitrogens with one attached hydrogen (secondary N) is 2. The maximum absolute atomic E-state index is 13.3. The molecule has 1 rings (SSSR count). The molecule has 0 saturated heterocycles. The van der Waals surface area contributed by atoms with Crippen LogP contribution in [0.3, 0.4) is 0 Å². The summed E-state index contributed by atoms with van der Waals surface area (Å²) in [5.41, 5.74) is 6.35. The second-order valence-corrected chi connectivity index (χ2v) is 9.70. The Balaban J connectivity index is 2.97. The van der Waals surface area contributed by atoms with Crippen molar-refractivity contribution in [3.05, 3.63) is 55.1 Å². The predicted molar refractivity (Wildman–Crippen MR) is 148 cm³/mol. The smallest absolute Gasteiger partial charge is 0.329 e. The van der Waals surface area contributed by atoms with Crippen molar-refractivity contribution < 1.29 is 28.5 Å². The van der Waals surface area contributed by atoms with Gasteiger partial charge in [0.2, 0.25) is 11.8 Å². The summed E-state index contributed by atoms with van der Waals surface area (Å²) in [4.78, 5) is 38.6. The van der Waals surface area contributed by atoms with E-state index in [-0.39, 0.29) is 12.6 Å². The number of ether oxygens (including phenoxy) is 2. The molecule has 3 atom stereocenters. The minimum atomic E-state index is -0.854. The first-order valence-electron chi connectivity index (χ1n) is 12.1. The number of rotatable bonds is 19. The monoisotopic (exact) mass is 532 g/mol. The van der Waals surface area contributed by atoms with Crippen LogP contribution in [-0.2, 0) is 30.2 Å². The molecule has 37 heavy (non-hydrogen) atoms. The van der Waals surface area contributed by atoms with Gasteiger partial charge in [-0.05, 0) is 36.5 Å². The Kier molecular flexibility index (Phi) is 16.1. The van der Waals surface area contributed by atoms with Crippen LogP contribution in [0.2, 0.25) is 5.82 Å². The van der Waals surface area contributed by atoms with E-state index in [2.05, 4.69) is 23.8 Å². The Morgan fingerprint density at radius 3 is 2.32 bits per heavy atom. The van der Waals surface area contributed by atoms with Gasteiger partial charge in [0.1, 0.15) is 24.4 Å². The molecule has 2 amide bonds. The van der Waals surface area contributed by atoms with E-state index in [9.17, 15) is 14.4 Å². The molecule has 203 valence electrons. The Morgan fingerprint density at radius 2 is 1.76 bits per heavy atom.